The Hall–Kier alpha value is -3.75. The molecule has 32 heavy (non-hydrogen) atoms. The molecular formula is C23H26N4O5. The second-order valence-electron chi connectivity index (χ2n) is 7.61. The molecule has 2 aromatic heterocycles. The summed E-state index contributed by atoms with van der Waals surface area (Å²) in [5.74, 6) is 1.72. The van der Waals surface area contributed by atoms with E-state index in [-0.39, 0.29) is 17.7 Å². The van der Waals surface area contributed by atoms with Crippen molar-refractivity contribution in [2.45, 2.75) is 25.3 Å². The first-order valence-electron chi connectivity index (χ1n) is 10.5. The number of hydrogen-bond donors (Lipinski definition) is 2. The van der Waals surface area contributed by atoms with Crippen molar-refractivity contribution < 1.29 is 23.5 Å². The number of rotatable bonds is 7. The van der Waals surface area contributed by atoms with Gasteiger partial charge in [-0.1, -0.05) is 0 Å². The third kappa shape index (κ3) is 4.61. The zero-order valence-electron chi connectivity index (χ0n) is 18.1. The Morgan fingerprint density at radius 1 is 1.16 bits per heavy atom. The lowest BCUT2D eigenvalue weighted by Gasteiger charge is -2.31. The van der Waals surface area contributed by atoms with Crippen LogP contribution in [0.25, 0.3) is 0 Å². The summed E-state index contributed by atoms with van der Waals surface area (Å²) in [5, 5.41) is 9.93. The Morgan fingerprint density at radius 2 is 1.94 bits per heavy atom. The Morgan fingerprint density at radius 3 is 2.62 bits per heavy atom. The minimum atomic E-state index is -0.259. The number of nitrogens with zero attached hydrogens (tertiary/aromatic N) is 2. The highest BCUT2D eigenvalue weighted by atomic mass is 16.5. The minimum absolute atomic E-state index is 0.0352. The van der Waals surface area contributed by atoms with Gasteiger partial charge in [0.25, 0.3) is 11.8 Å². The lowest BCUT2D eigenvalue weighted by atomic mass is 9.93. The van der Waals surface area contributed by atoms with Crippen molar-refractivity contribution in [1.82, 2.24) is 20.4 Å². The summed E-state index contributed by atoms with van der Waals surface area (Å²) in [7, 11) is 3.11. The van der Waals surface area contributed by atoms with E-state index < -0.39 is 0 Å². The summed E-state index contributed by atoms with van der Waals surface area (Å²) >= 11 is 0. The van der Waals surface area contributed by atoms with Crippen molar-refractivity contribution in [3.63, 3.8) is 0 Å². The number of aromatic amines is 1. The van der Waals surface area contributed by atoms with E-state index >= 15 is 0 Å². The summed E-state index contributed by atoms with van der Waals surface area (Å²) in [6.45, 7) is 1.55. The summed E-state index contributed by atoms with van der Waals surface area (Å²) in [6.07, 6.45) is 3.14. The van der Waals surface area contributed by atoms with Crippen LogP contribution in [0.15, 0.2) is 47.1 Å². The van der Waals surface area contributed by atoms with Crippen molar-refractivity contribution >= 4 is 11.8 Å². The number of likely N-dealkylation sites (tertiary alicyclic amines) is 1. The fourth-order valence-corrected chi connectivity index (χ4v) is 3.88. The number of carbonyl (C=O) groups excluding carboxylic acids is 2. The molecule has 3 heterocycles. The molecule has 1 fully saturated rings. The number of hydrogen-bond acceptors (Lipinski definition) is 6. The molecule has 0 aliphatic carbocycles. The lowest BCUT2D eigenvalue weighted by molar-refractivity contribution is 0.0711. The van der Waals surface area contributed by atoms with Gasteiger partial charge in [0.05, 0.1) is 27.0 Å². The third-order valence-corrected chi connectivity index (χ3v) is 5.69. The van der Waals surface area contributed by atoms with Crippen LogP contribution >= 0.6 is 0 Å². The summed E-state index contributed by atoms with van der Waals surface area (Å²) < 4.78 is 15.8. The predicted octanol–water partition coefficient (Wildman–Crippen LogP) is 2.97. The quantitative estimate of drug-likeness (QED) is 0.587. The van der Waals surface area contributed by atoms with Gasteiger partial charge in [-0.2, -0.15) is 5.10 Å². The predicted molar refractivity (Wildman–Crippen MR) is 116 cm³/mol. The number of methoxy groups -OCH3 is 2. The maximum Gasteiger partial charge on any atom is 0.272 e. The van der Waals surface area contributed by atoms with Crippen molar-refractivity contribution in [1.29, 1.82) is 0 Å². The van der Waals surface area contributed by atoms with E-state index in [0.29, 0.717) is 48.2 Å². The van der Waals surface area contributed by atoms with E-state index in [2.05, 4.69) is 15.5 Å². The average Bonchev–Trinajstić information content (AvgIpc) is 3.54. The molecule has 0 atom stereocenters. The van der Waals surface area contributed by atoms with Gasteiger partial charge in [0.2, 0.25) is 0 Å². The fraction of sp³-hybridized carbons (Fsp3) is 0.348. The molecule has 9 heteroatoms. The third-order valence-electron chi connectivity index (χ3n) is 5.69. The number of nitrogens with one attached hydrogen (secondary N) is 2. The van der Waals surface area contributed by atoms with Crippen LogP contribution in [0.5, 0.6) is 11.5 Å². The molecule has 1 aliphatic heterocycles. The van der Waals surface area contributed by atoms with Crippen LogP contribution in [-0.2, 0) is 6.54 Å². The van der Waals surface area contributed by atoms with Crippen LogP contribution in [0.1, 0.15) is 51.1 Å². The van der Waals surface area contributed by atoms with E-state index in [1.54, 1.807) is 56.9 Å². The van der Waals surface area contributed by atoms with Crippen molar-refractivity contribution in [2.24, 2.45) is 0 Å². The summed E-state index contributed by atoms with van der Waals surface area (Å²) in [5.41, 5.74) is 1.82. The molecule has 3 aromatic rings. The van der Waals surface area contributed by atoms with Gasteiger partial charge in [0.15, 0.2) is 11.5 Å². The van der Waals surface area contributed by atoms with Gasteiger partial charge >= 0.3 is 0 Å². The summed E-state index contributed by atoms with van der Waals surface area (Å²) in [4.78, 5) is 27.1. The van der Waals surface area contributed by atoms with E-state index in [1.807, 2.05) is 4.90 Å². The molecule has 0 saturated carbocycles. The molecule has 2 amide bonds. The first-order chi connectivity index (χ1) is 15.6. The largest absolute Gasteiger partial charge is 0.493 e. The van der Waals surface area contributed by atoms with E-state index in [4.69, 9.17) is 13.9 Å². The van der Waals surface area contributed by atoms with Crippen molar-refractivity contribution in [3.8, 4) is 11.5 Å². The average molecular weight is 438 g/mol. The maximum absolute atomic E-state index is 12.9. The van der Waals surface area contributed by atoms with Crippen LogP contribution in [0.3, 0.4) is 0 Å². The Labute approximate surface area is 185 Å². The van der Waals surface area contributed by atoms with Gasteiger partial charge in [-0.05, 0) is 49.2 Å². The maximum atomic E-state index is 12.9. The zero-order chi connectivity index (χ0) is 22.5. The highest BCUT2D eigenvalue weighted by molar-refractivity contribution is 5.95. The number of H-pyrrole nitrogens is 1. The number of piperidine rings is 1. The van der Waals surface area contributed by atoms with Crippen LogP contribution in [0.2, 0.25) is 0 Å². The standard InChI is InChI=1S/C23H26N4O5/c1-30-20-6-5-16(12-21(20)31-2)23(29)27-9-7-15(8-10-27)18-13-19(26-25-18)22(28)24-14-17-4-3-11-32-17/h3-6,11-13,15H,7-10,14H2,1-2H3,(H,24,28)(H,25,26). The second kappa shape index (κ2) is 9.59. The number of furan rings is 1. The van der Waals surface area contributed by atoms with Gasteiger partial charge in [0, 0.05) is 30.3 Å². The van der Waals surface area contributed by atoms with Crippen LogP contribution < -0.4 is 14.8 Å². The van der Waals surface area contributed by atoms with Gasteiger partial charge in [-0.25, -0.2) is 0 Å². The monoisotopic (exact) mass is 438 g/mol. The topological polar surface area (TPSA) is 110 Å². The highest BCUT2D eigenvalue weighted by Crippen LogP contribution is 2.30. The van der Waals surface area contributed by atoms with Gasteiger partial charge in [0.1, 0.15) is 11.5 Å². The minimum Gasteiger partial charge on any atom is -0.493 e. The molecular weight excluding hydrogens is 412 g/mol. The molecule has 168 valence electrons. The van der Waals surface area contributed by atoms with Crippen molar-refractivity contribution in [3.05, 3.63) is 65.4 Å². The second-order valence-corrected chi connectivity index (χ2v) is 7.61. The van der Waals surface area contributed by atoms with Crippen molar-refractivity contribution in [2.75, 3.05) is 27.3 Å². The Bertz CT molecular complexity index is 1070. The SMILES string of the molecule is COc1ccc(C(=O)N2CCC(c3cc(C(=O)NCc4ccco4)n[nH]3)CC2)cc1OC. The number of ether oxygens (including phenoxy) is 2. The first-order valence-corrected chi connectivity index (χ1v) is 10.5. The fourth-order valence-electron chi connectivity index (χ4n) is 3.88. The molecule has 2 N–H and O–H groups in total. The van der Waals surface area contributed by atoms with Crippen LogP contribution in [0, 0.1) is 0 Å². The Kier molecular flexibility index (Phi) is 6.44. The molecule has 0 unspecified atom stereocenters. The zero-order valence-corrected chi connectivity index (χ0v) is 18.1. The van der Waals surface area contributed by atoms with Crippen LogP contribution in [0.4, 0.5) is 0 Å². The smallest absolute Gasteiger partial charge is 0.272 e. The molecule has 1 aromatic carbocycles. The Balaban J connectivity index is 1.33. The molecule has 1 saturated heterocycles. The van der Waals surface area contributed by atoms with Gasteiger partial charge < -0.3 is 24.1 Å². The van der Waals surface area contributed by atoms with E-state index in [9.17, 15) is 9.59 Å². The lowest BCUT2D eigenvalue weighted by Crippen LogP contribution is -2.38. The normalized spacial score (nSPS) is 14.2. The molecule has 0 radical (unpaired) electrons. The van der Waals surface area contributed by atoms with Crippen LogP contribution in [-0.4, -0.2) is 54.2 Å². The summed E-state index contributed by atoms with van der Waals surface area (Å²) in [6, 6.07) is 10.5. The van der Waals surface area contributed by atoms with E-state index in [0.717, 1.165) is 18.5 Å². The molecule has 1 aliphatic rings. The van der Waals surface area contributed by atoms with Gasteiger partial charge in [-0.15, -0.1) is 0 Å². The molecule has 0 bridgehead atoms. The number of amides is 2. The highest BCUT2D eigenvalue weighted by Gasteiger charge is 2.27. The van der Waals surface area contributed by atoms with Gasteiger partial charge in [-0.3, -0.25) is 14.7 Å². The first kappa shape index (κ1) is 21.5. The molecule has 9 nitrogen and oxygen atoms in total. The number of carbonyl (C=O) groups is 2. The number of aromatic nitrogens is 2. The molecule has 4 rings (SSSR count). The number of benzene rings is 1. The molecule has 0 spiro atoms. The van der Waals surface area contributed by atoms with E-state index in [1.165, 1.54) is 0 Å².